The Morgan fingerprint density at radius 2 is 1.58 bits per heavy atom. The molecule has 1 heterocycles. The van der Waals surface area contributed by atoms with Gasteiger partial charge in [-0.25, -0.2) is 0 Å². The van der Waals surface area contributed by atoms with Gasteiger partial charge in [-0.3, -0.25) is 4.90 Å². The Hall–Kier alpha value is -0.120. The molecule has 0 bridgehead atoms. The molecule has 0 amide bonds. The van der Waals surface area contributed by atoms with Crippen LogP contribution in [0.1, 0.15) is 61.3 Å². The van der Waals surface area contributed by atoms with Gasteiger partial charge in [-0.05, 0) is 52.5 Å². The SMILES string of the molecule is CC(C)(C)CC(N)CCN1CC(C)(C)OC(C)(C)C1. The third-order valence-corrected chi connectivity index (χ3v) is 3.45. The number of nitrogens with zero attached hydrogens (tertiary/aromatic N) is 1. The van der Waals surface area contributed by atoms with Crippen molar-refractivity contribution in [3.63, 3.8) is 0 Å². The summed E-state index contributed by atoms with van der Waals surface area (Å²) in [6.07, 6.45) is 2.16. The topological polar surface area (TPSA) is 38.5 Å². The summed E-state index contributed by atoms with van der Waals surface area (Å²) in [7, 11) is 0. The molecule has 0 radical (unpaired) electrons. The van der Waals surface area contributed by atoms with E-state index in [-0.39, 0.29) is 11.2 Å². The fraction of sp³-hybridized carbons (Fsp3) is 1.00. The van der Waals surface area contributed by atoms with Gasteiger partial charge in [0.1, 0.15) is 0 Å². The van der Waals surface area contributed by atoms with Crippen LogP contribution >= 0.6 is 0 Å². The molecule has 1 aliphatic rings. The molecule has 0 saturated carbocycles. The second-order valence-corrected chi connectivity index (χ2v) is 8.65. The lowest BCUT2D eigenvalue weighted by Gasteiger charge is -2.47. The lowest BCUT2D eigenvalue weighted by Crippen LogP contribution is -2.57. The Balaban J connectivity index is 2.44. The molecule has 3 nitrogen and oxygen atoms in total. The maximum atomic E-state index is 6.25. The Labute approximate surface area is 119 Å². The third-order valence-electron chi connectivity index (χ3n) is 3.45. The molecular formula is C16H34N2O. The van der Waals surface area contributed by atoms with Gasteiger partial charge >= 0.3 is 0 Å². The van der Waals surface area contributed by atoms with Gasteiger partial charge < -0.3 is 10.5 Å². The van der Waals surface area contributed by atoms with E-state index in [4.69, 9.17) is 10.5 Å². The van der Waals surface area contributed by atoms with Gasteiger partial charge in [-0.2, -0.15) is 0 Å². The minimum Gasteiger partial charge on any atom is -0.367 e. The van der Waals surface area contributed by atoms with Crippen molar-refractivity contribution < 1.29 is 4.74 Å². The van der Waals surface area contributed by atoms with Crippen molar-refractivity contribution in [2.45, 2.75) is 78.6 Å². The summed E-state index contributed by atoms with van der Waals surface area (Å²) < 4.78 is 6.11. The first kappa shape index (κ1) is 16.9. The van der Waals surface area contributed by atoms with E-state index >= 15 is 0 Å². The van der Waals surface area contributed by atoms with Crippen LogP contribution in [0.5, 0.6) is 0 Å². The van der Waals surface area contributed by atoms with Crippen LogP contribution in [0.25, 0.3) is 0 Å². The first-order valence-electron chi connectivity index (χ1n) is 7.57. The first-order chi connectivity index (χ1) is 8.39. The normalized spacial score (nSPS) is 25.3. The third kappa shape index (κ3) is 6.73. The smallest absolute Gasteiger partial charge is 0.0760 e. The minimum absolute atomic E-state index is 0.0597. The minimum atomic E-state index is -0.0597. The molecule has 1 unspecified atom stereocenters. The van der Waals surface area contributed by atoms with Gasteiger partial charge in [-0.15, -0.1) is 0 Å². The fourth-order valence-electron chi connectivity index (χ4n) is 3.34. The molecule has 1 atom stereocenters. The number of nitrogens with two attached hydrogens (primary N) is 1. The van der Waals surface area contributed by atoms with E-state index in [2.05, 4.69) is 53.4 Å². The Morgan fingerprint density at radius 1 is 1.11 bits per heavy atom. The van der Waals surface area contributed by atoms with Crippen LogP contribution in [0.2, 0.25) is 0 Å². The van der Waals surface area contributed by atoms with Gasteiger partial charge in [0.15, 0.2) is 0 Å². The van der Waals surface area contributed by atoms with Crippen LogP contribution in [0, 0.1) is 5.41 Å². The van der Waals surface area contributed by atoms with Crippen LogP contribution in [-0.4, -0.2) is 41.8 Å². The number of ether oxygens (including phenoxy) is 1. The van der Waals surface area contributed by atoms with E-state index in [0.29, 0.717) is 11.5 Å². The highest BCUT2D eigenvalue weighted by Crippen LogP contribution is 2.28. The summed E-state index contributed by atoms with van der Waals surface area (Å²) in [5, 5.41) is 0. The zero-order valence-electron chi connectivity index (χ0n) is 14.0. The highest BCUT2D eigenvalue weighted by Gasteiger charge is 2.37. The van der Waals surface area contributed by atoms with E-state index in [0.717, 1.165) is 32.5 Å². The number of morpholine rings is 1. The van der Waals surface area contributed by atoms with Crippen LogP contribution < -0.4 is 5.73 Å². The van der Waals surface area contributed by atoms with Crippen molar-refractivity contribution in [3.8, 4) is 0 Å². The van der Waals surface area contributed by atoms with Gasteiger partial charge in [0.2, 0.25) is 0 Å². The predicted molar refractivity (Wildman–Crippen MR) is 82.3 cm³/mol. The molecule has 3 heteroatoms. The molecule has 0 aromatic carbocycles. The summed E-state index contributed by atoms with van der Waals surface area (Å²) in [6.45, 7) is 18.6. The Morgan fingerprint density at radius 3 is 2.00 bits per heavy atom. The predicted octanol–water partition coefficient (Wildman–Crippen LogP) is 3.03. The van der Waals surface area contributed by atoms with E-state index < -0.39 is 0 Å². The number of hydrogen-bond donors (Lipinski definition) is 1. The lowest BCUT2D eigenvalue weighted by atomic mass is 9.87. The largest absolute Gasteiger partial charge is 0.367 e. The fourth-order valence-corrected chi connectivity index (χ4v) is 3.34. The highest BCUT2D eigenvalue weighted by molar-refractivity contribution is 4.89. The first-order valence-corrected chi connectivity index (χ1v) is 7.57. The summed E-state index contributed by atoms with van der Waals surface area (Å²) in [5.74, 6) is 0. The van der Waals surface area contributed by atoms with Gasteiger partial charge in [0.25, 0.3) is 0 Å². The summed E-state index contributed by atoms with van der Waals surface area (Å²) >= 11 is 0. The molecule has 19 heavy (non-hydrogen) atoms. The van der Waals surface area contributed by atoms with E-state index in [9.17, 15) is 0 Å². The molecule has 0 spiro atoms. The van der Waals surface area contributed by atoms with Crippen LogP contribution in [0.3, 0.4) is 0 Å². The lowest BCUT2D eigenvalue weighted by molar-refractivity contribution is -0.180. The maximum absolute atomic E-state index is 6.25. The van der Waals surface area contributed by atoms with Gasteiger partial charge in [-0.1, -0.05) is 20.8 Å². The van der Waals surface area contributed by atoms with Crippen LogP contribution in [0.15, 0.2) is 0 Å². The van der Waals surface area contributed by atoms with Crippen molar-refractivity contribution >= 4 is 0 Å². The zero-order valence-corrected chi connectivity index (χ0v) is 14.0. The van der Waals surface area contributed by atoms with Crippen molar-refractivity contribution in [3.05, 3.63) is 0 Å². The monoisotopic (exact) mass is 270 g/mol. The molecule has 1 rings (SSSR count). The number of rotatable bonds is 4. The van der Waals surface area contributed by atoms with Crippen LogP contribution in [-0.2, 0) is 4.74 Å². The molecule has 1 fully saturated rings. The van der Waals surface area contributed by atoms with Crippen molar-refractivity contribution in [2.24, 2.45) is 11.1 Å². The van der Waals surface area contributed by atoms with Gasteiger partial charge in [0.05, 0.1) is 11.2 Å². The summed E-state index contributed by atoms with van der Waals surface area (Å²) in [5.41, 5.74) is 6.46. The summed E-state index contributed by atoms with van der Waals surface area (Å²) in [4.78, 5) is 2.51. The second kappa shape index (κ2) is 5.71. The van der Waals surface area contributed by atoms with Gasteiger partial charge in [0, 0.05) is 19.1 Å². The van der Waals surface area contributed by atoms with Crippen molar-refractivity contribution in [1.82, 2.24) is 4.90 Å². The number of hydrogen-bond acceptors (Lipinski definition) is 3. The van der Waals surface area contributed by atoms with Crippen molar-refractivity contribution in [1.29, 1.82) is 0 Å². The Bertz CT molecular complexity index is 276. The zero-order chi connectivity index (χ0) is 14.9. The molecule has 0 aromatic rings. The van der Waals surface area contributed by atoms with Crippen LogP contribution in [0.4, 0.5) is 0 Å². The quantitative estimate of drug-likeness (QED) is 0.853. The van der Waals surface area contributed by atoms with E-state index in [1.807, 2.05) is 0 Å². The molecule has 1 saturated heterocycles. The highest BCUT2D eigenvalue weighted by atomic mass is 16.5. The van der Waals surface area contributed by atoms with Crippen molar-refractivity contribution in [2.75, 3.05) is 19.6 Å². The second-order valence-electron chi connectivity index (χ2n) is 8.65. The average molecular weight is 270 g/mol. The maximum Gasteiger partial charge on any atom is 0.0760 e. The molecule has 0 aliphatic carbocycles. The molecule has 1 aliphatic heterocycles. The molecule has 114 valence electrons. The summed E-state index contributed by atoms with van der Waals surface area (Å²) in [6, 6.07) is 0.300. The standard InChI is InChI=1S/C16H34N2O/c1-14(2,3)10-13(17)8-9-18-11-15(4,5)19-16(6,7)12-18/h13H,8-12,17H2,1-7H3. The molecule has 0 aromatic heterocycles. The molecule has 2 N–H and O–H groups in total. The van der Waals surface area contributed by atoms with E-state index in [1.54, 1.807) is 0 Å². The molecular weight excluding hydrogens is 236 g/mol. The average Bonchev–Trinajstić information content (AvgIpc) is 2.06. The van der Waals surface area contributed by atoms with E-state index in [1.165, 1.54) is 0 Å². The Kier molecular flexibility index (Phi) is 5.09.